The standard InChI is InChI=1S/C22H25F3N6/c1-13-18(31-9-7-30(3)8-10-31)11-17-21(28-14(2)29-22(17)27-13)26-12-15-5-4-6-16(19(15)23)20(24)25/h4-6,11,20H,1,7-10,12H2,2-3H3,(H2,26,27,28,29). The van der Waals surface area contributed by atoms with Gasteiger partial charge < -0.3 is 20.4 Å². The molecule has 1 aromatic heterocycles. The van der Waals surface area contributed by atoms with Gasteiger partial charge in [0.05, 0.1) is 21.8 Å². The summed E-state index contributed by atoms with van der Waals surface area (Å²) in [6, 6.07) is 5.99. The van der Waals surface area contributed by atoms with Gasteiger partial charge in [-0.25, -0.2) is 23.1 Å². The Morgan fingerprint density at radius 2 is 1.97 bits per heavy atom. The molecule has 2 N–H and O–H groups in total. The van der Waals surface area contributed by atoms with Crippen LogP contribution in [-0.4, -0.2) is 48.9 Å². The van der Waals surface area contributed by atoms with Gasteiger partial charge in [0.2, 0.25) is 0 Å². The van der Waals surface area contributed by atoms with Crippen molar-refractivity contribution >= 4 is 29.7 Å². The Balaban J connectivity index is 1.69. The van der Waals surface area contributed by atoms with Crippen LogP contribution in [0.2, 0.25) is 0 Å². The molecule has 6 nitrogen and oxygen atoms in total. The quantitative estimate of drug-likeness (QED) is 0.760. The summed E-state index contributed by atoms with van der Waals surface area (Å²) in [5.41, 5.74) is 0.475. The average Bonchev–Trinajstić information content (AvgIpc) is 2.72. The van der Waals surface area contributed by atoms with Gasteiger partial charge >= 0.3 is 0 Å². The maximum atomic E-state index is 14.4. The molecule has 1 fully saturated rings. The highest BCUT2D eigenvalue weighted by Gasteiger charge is 2.20. The normalized spacial score (nSPS) is 16.8. The van der Waals surface area contributed by atoms with E-state index in [2.05, 4.69) is 44.0 Å². The number of likely N-dealkylation sites (N-methyl/N-ethyl adjacent to an activating group) is 1. The van der Waals surface area contributed by atoms with Crippen molar-refractivity contribution in [1.29, 1.82) is 0 Å². The van der Waals surface area contributed by atoms with Crippen molar-refractivity contribution in [2.24, 2.45) is 4.99 Å². The number of hydrogen-bond donors (Lipinski definition) is 2. The minimum absolute atomic E-state index is 0.0217. The summed E-state index contributed by atoms with van der Waals surface area (Å²) < 4.78 is 40.5. The maximum Gasteiger partial charge on any atom is 0.266 e. The first-order valence-corrected chi connectivity index (χ1v) is 10.1. The molecule has 0 atom stereocenters. The van der Waals surface area contributed by atoms with Crippen molar-refractivity contribution in [3.8, 4) is 0 Å². The van der Waals surface area contributed by atoms with Gasteiger partial charge in [-0.15, -0.1) is 0 Å². The van der Waals surface area contributed by atoms with Gasteiger partial charge in [-0.3, -0.25) is 0 Å². The first kappa shape index (κ1) is 21.2. The average molecular weight is 430 g/mol. The van der Waals surface area contributed by atoms with Gasteiger partial charge in [-0.05, 0) is 20.0 Å². The lowest BCUT2D eigenvalue weighted by Gasteiger charge is -2.34. The first-order chi connectivity index (χ1) is 14.8. The molecule has 0 unspecified atom stereocenters. The Bertz CT molecular complexity index is 1120. The lowest BCUT2D eigenvalue weighted by atomic mass is 10.1. The van der Waals surface area contributed by atoms with Crippen LogP contribution in [0.25, 0.3) is 12.4 Å². The largest absolute Gasteiger partial charge is 0.367 e. The molecule has 0 bridgehead atoms. The van der Waals surface area contributed by atoms with Crippen LogP contribution in [0.4, 0.5) is 24.7 Å². The Kier molecular flexibility index (Phi) is 5.86. The van der Waals surface area contributed by atoms with E-state index in [0.29, 0.717) is 22.8 Å². The van der Waals surface area contributed by atoms with Crippen molar-refractivity contribution in [3.05, 3.63) is 51.8 Å². The van der Waals surface area contributed by atoms with Gasteiger partial charge in [0.25, 0.3) is 6.43 Å². The molecule has 0 amide bonds. The number of aliphatic imine (C=N–C) groups is 1. The molecule has 3 heterocycles. The minimum Gasteiger partial charge on any atom is -0.367 e. The Morgan fingerprint density at radius 1 is 1.23 bits per heavy atom. The lowest BCUT2D eigenvalue weighted by molar-refractivity contribution is 0.146. The molecule has 2 aromatic rings. The number of halogens is 3. The summed E-state index contributed by atoms with van der Waals surface area (Å²) in [4.78, 5) is 13.6. The van der Waals surface area contributed by atoms with Crippen LogP contribution in [0.5, 0.6) is 0 Å². The molecule has 1 aromatic carbocycles. The number of amidine groups is 1. The summed E-state index contributed by atoms with van der Waals surface area (Å²) in [6.45, 7) is 9.54. The van der Waals surface area contributed by atoms with E-state index in [9.17, 15) is 13.2 Å². The van der Waals surface area contributed by atoms with E-state index in [4.69, 9.17) is 0 Å². The van der Waals surface area contributed by atoms with Gasteiger partial charge in [-0.1, -0.05) is 24.8 Å². The predicted octanol–water partition coefficient (Wildman–Crippen LogP) is 2.02. The first-order valence-electron chi connectivity index (χ1n) is 10.1. The monoisotopic (exact) mass is 430 g/mol. The van der Waals surface area contributed by atoms with E-state index in [1.54, 1.807) is 6.92 Å². The molecule has 164 valence electrons. The Morgan fingerprint density at radius 3 is 2.68 bits per heavy atom. The van der Waals surface area contributed by atoms with Crippen molar-refractivity contribution in [2.75, 3.05) is 43.4 Å². The Hall–Kier alpha value is -3.07. The van der Waals surface area contributed by atoms with E-state index in [1.807, 2.05) is 6.07 Å². The van der Waals surface area contributed by atoms with Crippen LogP contribution in [0.3, 0.4) is 0 Å². The second kappa shape index (κ2) is 8.58. The number of rotatable bonds is 5. The van der Waals surface area contributed by atoms with Gasteiger partial charge in [-0.2, -0.15) is 0 Å². The highest BCUT2D eigenvalue weighted by atomic mass is 19.3. The molecule has 0 aliphatic carbocycles. The SMILES string of the molecule is C=c1nc2c(cc1N1CCN(C)CC1)=C(NCc1cccc(C(F)F)c1F)N=C(C)N2. The Labute approximate surface area is 178 Å². The molecule has 9 heteroatoms. The van der Waals surface area contributed by atoms with Gasteiger partial charge in [0.1, 0.15) is 23.3 Å². The van der Waals surface area contributed by atoms with Gasteiger partial charge in [0, 0.05) is 38.3 Å². The number of benzene rings is 1. The predicted molar refractivity (Wildman–Crippen MR) is 117 cm³/mol. The topological polar surface area (TPSA) is 55.8 Å². The second-order valence-corrected chi connectivity index (χ2v) is 7.79. The van der Waals surface area contributed by atoms with Crippen LogP contribution < -0.4 is 26.1 Å². The van der Waals surface area contributed by atoms with E-state index >= 15 is 0 Å². The molecule has 0 spiro atoms. The third kappa shape index (κ3) is 4.36. The zero-order valence-corrected chi connectivity index (χ0v) is 17.6. The number of nitrogens with zero attached hydrogens (tertiary/aromatic N) is 4. The number of aromatic nitrogens is 1. The molecule has 4 rings (SSSR count). The highest BCUT2D eigenvalue weighted by molar-refractivity contribution is 5.97. The summed E-state index contributed by atoms with van der Waals surface area (Å²) in [6.07, 6.45) is -2.86. The van der Waals surface area contributed by atoms with Crippen LogP contribution >= 0.6 is 0 Å². The summed E-state index contributed by atoms with van der Waals surface area (Å²) in [7, 11) is 2.09. The van der Waals surface area contributed by atoms with Crippen LogP contribution in [0, 0.1) is 5.82 Å². The molecule has 0 saturated carbocycles. The molecule has 31 heavy (non-hydrogen) atoms. The third-order valence-corrected chi connectivity index (χ3v) is 5.55. The lowest BCUT2D eigenvalue weighted by Crippen LogP contribution is -2.47. The number of piperazine rings is 1. The number of pyridine rings is 1. The number of nitrogens with one attached hydrogen (secondary N) is 2. The zero-order chi connectivity index (χ0) is 22.1. The second-order valence-electron chi connectivity index (χ2n) is 7.79. The van der Waals surface area contributed by atoms with E-state index < -0.39 is 17.8 Å². The smallest absolute Gasteiger partial charge is 0.266 e. The number of anilines is 2. The minimum atomic E-state index is -2.86. The fraction of sp³-hybridized carbons (Fsp3) is 0.364. The zero-order valence-electron chi connectivity index (χ0n) is 17.6. The van der Waals surface area contributed by atoms with Crippen molar-refractivity contribution in [2.45, 2.75) is 19.9 Å². The molecule has 0 radical (unpaired) electrons. The van der Waals surface area contributed by atoms with E-state index in [-0.39, 0.29) is 12.1 Å². The fourth-order valence-electron chi connectivity index (χ4n) is 3.78. The van der Waals surface area contributed by atoms with Crippen LogP contribution in [0.1, 0.15) is 24.5 Å². The van der Waals surface area contributed by atoms with Crippen molar-refractivity contribution in [3.63, 3.8) is 0 Å². The summed E-state index contributed by atoms with van der Waals surface area (Å²) in [5.74, 6) is 0.844. The molecular weight excluding hydrogens is 405 g/mol. The summed E-state index contributed by atoms with van der Waals surface area (Å²) in [5, 5.41) is 7.65. The van der Waals surface area contributed by atoms with Crippen molar-refractivity contribution < 1.29 is 13.2 Å². The number of hydrogen-bond acceptors (Lipinski definition) is 6. The molecule has 2 aliphatic heterocycles. The molecular formula is C22H25F3N6. The third-order valence-electron chi connectivity index (χ3n) is 5.55. The van der Waals surface area contributed by atoms with E-state index in [1.165, 1.54) is 12.1 Å². The van der Waals surface area contributed by atoms with E-state index in [0.717, 1.165) is 43.2 Å². The highest BCUT2D eigenvalue weighted by Crippen LogP contribution is 2.24. The number of fused-ring (bicyclic) bond motifs is 1. The van der Waals surface area contributed by atoms with Crippen molar-refractivity contribution in [1.82, 2.24) is 15.2 Å². The summed E-state index contributed by atoms with van der Waals surface area (Å²) >= 11 is 0. The van der Waals surface area contributed by atoms with Gasteiger partial charge in [0.15, 0.2) is 0 Å². The maximum absolute atomic E-state index is 14.4. The fourth-order valence-corrected chi connectivity index (χ4v) is 3.78. The van der Waals surface area contributed by atoms with Crippen LogP contribution in [-0.2, 0) is 6.54 Å². The van der Waals surface area contributed by atoms with Crippen LogP contribution in [0.15, 0.2) is 29.3 Å². The molecule has 1 saturated heterocycles. The number of alkyl halides is 2. The molecule has 2 aliphatic rings.